The number of carbonyl (C=O) groups is 3. The van der Waals surface area contributed by atoms with E-state index < -0.39 is 0 Å². The second kappa shape index (κ2) is 6.81. The van der Waals surface area contributed by atoms with E-state index in [-0.39, 0.29) is 23.9 Å². The zero-order valence-electron chi connectivity index (χ0n) is 14.0. The van der Waals surface area contributed by atoms with Gasteiger partial charge in [0.1, 0.15) is 0 Å². The number of nitrogens with zero attached hydrogens (tertiary/aromatic N) is 1. The van der Waals surface area contributed by atoms with Crippen molar-refractivity contribution < 1.29 is 14.4 Å². The second-order valence-corrected chi connectivity index (χ2v) is 6.40. The molecule has 2 rings (SSSR count). The molecule has 1 aromatic rings. The third kappa shape index (κ3) is 3.70. The number of anilines is 1. The Hall–Kier alpha value is -2.37. The van der Waals surface area contributed by atoms with Crippen molar-refractivity contribution in [3.8, 4) is 0 Å². The van der Waals surface area contributed by atoms with Gasteiger partial charge in [-0.25, -0.2) is 4.79 Å². The molecule has 0 bridgehead atoms. The topological polar surface area (TPSA) is 78.5 Å². The average molecular weight is 317 g/mol. The van der Waals surface area contributed by atoms with Gasteiger partial charge in [0.25, 0.3) is 11.8 Å². The van der Waals surface area contributed by atoms with E-state index in [0.29, 0.717) is 29.3 Å². The third-order valence-corrected chi connectivity index (χ3v) is 3.70. The monoisotopic (exact) mass is 317 g/mol. The zero-order chi connectivity index (χ0) is 17.1. The number of fused-ring (bicyclic) bond motifs is 1. The number of benzene rings is 1. The summed E-state index contributed by atoms with van der Waals surface area (Å²) in [6, 6.07) is 4.26. The molecule has 0 unspecified atom stereocenters. The molecule has 0 aliphatic carbocycles. The van der Waals surface area contributed by atoms with Gasteiger partial charge in [0.15, 0.2) is 0 Å². The van der Waals surface area contributed by atoms with Crippen LogP contribution in [0.25, 0.3) is 0 Å². The summed E-state index contributed by atoms with van der Waals surface area (Å²) in [7, 11) is 0. The Labute approximate surface area is 136 Å². The number of hydrogen-bond acceptors (Lipinski definition) is 3. The number of urea groups is 1. The Kier molecular flexibility index (Phi) is 5.03. The number of rotatable bonds is 5. The number of amides is 4. The lowest BCUT2D eigenvalue weighted by Gasteiger charge is -2.17. The van der Waals surface area contributed by atoms with Crippen LogP contribution >= 0.6 is 0 Å². The van der Waals surface area contributed by atoms with E-state index >= 15 is 0 Å². The largest absolute Gasteiger partial charge is 0.338 e. The molecule has 0 spiro atoms. The number of nitrogens with one attached hydrogen (secondary N) is 2. The molecule has 6 heteroatoms. The standard InChI is InChI=1S/C17H23N3O3/c1-10(2)7-8-18-17(23)19-12-5-6-13-14(9-12)16(22)20(11(3)4)15(13)21/h5-6,9-11H,7-8H2,1-4H3,(H2,18,19,23). The van der Waals surface area contributed by atoms with E-state index in [0.717, 1.165) is 6.42 Å². The van der Waals surface area contributed by atoms with E-state index in [1.807, 2.05) is 0 Å². The summed E-state index contributed by atoms with van der Waals surface area (Å²) in [6.07, 6.45) is 0.897. The fourth-order valence-corrected chi connectivity index (χ4v) is 2.46. The molecule has 4 amide bonds. The molecule has 0 atom stereocenters. The highest BCUT2D eigenvalue weighted by molar-refractivity contribution is 6.22. The van der Waals surface area contributed by atoms with Crippen molar-refractivity contribution in [3.63, 3.8) is 0 Å². The summed E-state index contributed by atoms with van der Waals surface area (Å²) in [6.45, 7) is 8.35. The minimum absolute atomic E-state index is 0.196. The smallest absolute Gasteiger partial charge is 0.319 e. The molecule has 1 heterocycles. The normalized spacial score (nSPS) is 13.7. The van der Waals surface area contributed by atoms with Crippen LogP contribution in [0.4, 0.5) is 10.5 Å². The first kappa shape index (κ1) is 17.0. The summed E-state index contributed by atoms with van der Waals surface area (Å²) < 4.78 is 0. The Balaban J connectivity index is 2.07. The maximum Gasteiger partial charge on any atom is 0.319 e. The van der Waals surface area contributed by atoms with Crippen molar-refractivity contribution >= 4 is 23.5 Å². The molecular weight excluding hydrogens is 294 g/mol. The minimum Gasteiger partial charge on any atom is -0.338 e. The van der Waals surface area contributed by atoms with E-state index in [9.17, 15) is 14.4 Å². The maximum atomic E-state index is 12.3. The zero-order valence-corrected chi connectivity index (χ0v) is 14.0. The minimum atomic E-state index is -0.317. The van der Waals surface area contributed by atoms with Crippen LogP contribution in [0, 0.1) is 5.92 Å². The SMILES string of the molecule is CC(C)CCNC(=O)Nc1ccc2c(c1)C(=O)N(C(C)C)C2=O. The predicted octanol–water partition coefficient (Wildman–Crippen LogP) is 2.86. The molecule has 0 aromatic heterocycles. The lowest BCUT2D eigenvalue weighted by Crippen LogP contribution is -2.35. The van der Waals surface area contributed by atoms with Crippen LogP contribution in [0.3, 0.4) is 0 Å². The van der Waals surface area contributed by atoms with Crippen LogP contribution in [-0.4, -0.2) is 35.3 Å². The molecule has 124 valence electrons. The molecule has 1 aliphatic rings. The van der Waals surface area contributed by atoms with Crippen molar-refractivity contribution in [2.75, 3.05) is 11.9 Å². The predicted molar refractivity (Wildman–Crippen MR) is 88.6 cm³/mol. The van der Waals surface area contributed by atoms with E-state index in [2.05, 4.69) is 24.5 Å². The van der Waals surface area contributed by atoms with Crippen LogP contribution in [0.15, 0.2) is 18.2 Å². The van der Waals surface area contributed by atoms with E-state index in [1.165, 1.54) is 4.90 Å². The van der Waals surface area contributed by atoms with Gasteiger partial charge in [-0.1, -0.05) is 13.8 Å². The number of imide groups is 1. The fourth-order valence-electron chi connectivity index (χ4n) is 2.46. The van der Waals surface area contributed by atoms with Crippen molar-refractivity contribution in [2.45, 2.75) is 40.2 Å². The first-order valence-electron chi connectivity index (χ1n) is 7.88. The molecule has 2 N–H and O–H groups in total. The van der Waals surface area contributed by atoms with Crippen LogP contribution < -0.4 is 10.6 Å². The van der Waals surface area contributed by atoms with E-state index in [1.54, 1.807) is 32.0 Å². The Bertz CT molecular complexity index is 638. The van der Waals surface area contributed by atoms with Crippen LogP contribution in [0.5, 0.6) is 0 Å². The molecule has 0 fully saturated rings. The van der Waals surface area contributed by atoms with Crippen LogP contribution in [0.1, 0.15) is 54.8 Å². The molecule has 0 saturated carbocycles. The van der Waals surface area contributed by atoms with Gasteiger partial charge in [-0.15, -0.1) is 0 Å². The average Bonchev–Trinajstić information content (AvgIpc) is 2.70. The number of carbonyl (C=O) groups excluding carboxylic acids is 3. The van der Waals surface area contributed by atoms with Gasteiger partial charge in [0, 0.05) is 18.3 Å². The quantitative estimate of drug-likeness (QED) is 0.820. The Morgan fingerprint density at radius 2 is 1.74 bits per heavy atom. The number of hydrogen-bond donors (Lipinski definition) is 2. The molecule has 1 aliphatic heterocycles. The molecule has 1 aromatic carbocycles. The summed E-state index contributed by atoms with van der Waals surface area (Å²) in [4.78, 5) is 37.6. The first-order chi connectivity index (χ1) is 10.8. The highest BCUT2D eigenvalue weighted by atomic mass is 16.2. The van der Waals surface area contributed by atoms with Gasteiger partial charge < -0.3 is 10.6 Å². The fraction of sp³-hybridized carbons (Fsp3) is 0.471. The summed E-state index contributed by atoms with van der Waals surface area (Å²) in [5, 5.41) is 5.46. The molecular formula is C17H23N3O3. The summed E-state index contributed by atoms with van der Waals surface area (Å²) in [5.74, 6) is -0.0854. The lowest BCUT2D eigenvalue weighted by molar-refractivity contribution is 0.0609. The Morgan fingerprint density at radius 1 is 1.09 bits per heavy atom. The second-order valence-electron chi connectivity index (χ2n) is 6.40. The first-order valence-corrected chi connectivity index (χ1v) is 7.88. The van der Waals surface area contributed by atoms with Crippen LogP contribution in [0.2, 0.25) is 0 Å². The van der Waals surface area contributed by atoms with E-state index in [4.69, 9.17) is 0 Å². The summed E-state index contributed by atoms with van der Waals surface area (Å²) >= 11 is 0. The highest BCUT2D eigenvalue weighted by Crippen LogP contribution is 2.27. The van der Waals surface area contributed by atoms with Gasteiger partial charge in [-0.2, -0.15) is 0 Å². The van der Waals surface area contributed by atoms with Gasteiger partial charge in [0.05, 0.1) is 11.1 Å². The summed E-state index contributed by atoms with van der Waals surface area (Å²) in [5.41, 5.74) is 1.22. The van der Waals surface area contributed by atoms with Crippen LogP contribution in [-0.2, 0) is 0 Å². The van der Waals surface area contributed by atoms with Gasteiger partial charge in [-0.3, -0.25) is 14.5 Å². The van der Waals surface area contributed by atoms with Gasteiger partial charge in [-0.05, 0) is 44.4 Å². The maximum absolute atomic E-state index is 12.3. The Morgan fingerprint density at radius 3 is 2.35 bits per heavy atom. The van der Waals surface area contributed by atoms with Crippen molar-refractivity contribution in [3.05, 3.63) is 29.3 Å². The van der Waals surface area contributed by atoms with Gasteiger partial charge in [0.2, 0.25) is 0 Å². The highest BCUT2D eigenvalue weighted by Gasteiger charge is 2.37. The molecule has 23 heavy (non-hydrogen) atoms. The third-order valence-electron chi connectivity index (χ3n) is 3.70. The molecule has 0 radical (unpaired) electrons. The van der Waals surface area contributed by atoms with Crippen molar-refractivity contribution in [1.82, 2.24) is 10.2 Å². The molecule has 6 nitrogen and oxygen atoms in total. The van der Waals surface area contributed by atoms with Crippen molar-refractivity contribution in [2.24, 2.45) is 5.92 Å². The molecule has 0 saturated heterocycles. The van der Waals surface area contributed by atoms with Gasteiger partial charge >= 0.3 is 6.03 Å². The lowest BCUT2D eigenvalue weighted by atomic mass is 10.1. The van der Waals surface area contributed by atoms with Crippen molar-refractivity contribution in [1.29, 1.82) is 0 Å².